The van der Waals surface area contributed by atoms with Gasteiger partial charge in [-0.15, -0.1) is 0 Å². The van der Waals surface area contributed by atoms with Crippen molar-refractivity contribution in [3.8, 4) is 11.5 Å². The van der Waals surface area contributed by atoms with Gasteiger partial charge >= 0.3 is 0 Å². The van der Waals surface area contributed by atoms with Crippen molar-refractivity contribution < 1.29 is 9.47 Å². The molecular formula is C15H18N2O2. The zero-order chi connectivity index (χ0) is 13.7. The Hall–Kier alpha value is -2.36. The van der Waals surface area contributed by atoms with Crippen LogP contribution in [0.5, 0.6) is 11.5 Å². The number of hydrogen-bond acceptors (Lipinski definition) is 4. The molecule has 4 nitrogen and oxygen atoms in total. The number of nitrogens with one attached hydrogen (secondary N) is 1. The lowest BCUT2D eigenvalue weighted by atomic mass is 10.2. The second-order valence-electron chi connectivity index (χ2n) is 4.15. The minimum absolute atomic E-state index is 0.696. The molecule has 3 N–H and O–H groups in total. The molecule has 2 aromatic rings. The van der Waals surface area contributed by atoms with Crippen molar-refractivity contribution in [3.63, 3.8) is 0 Å². The Morgan fingerprint density at radius 2 is 1.58 bits per heavy atom. The van der Waals surface area contributed by atoms with Gasteiger partial charge < -0.3 is 20.5 Å². The minimum Gasteiger partial charge on any atom is -0.497 e. The zero-order valence-corrected chi connectivity index (χ0v) is 11.1. The molecule has 0 aliphatic heterocycles. The summed E-state index contributed by atoms with van der Waals surface area (Å²) in [6.45, 7) is 0.696. The number of anilines is 2. The predicted octanol–water partition coefficient (Wildman–Crippen LogP) is 2.90. The molecule has 0 saturated carbocycles. The Balaban J connectivity index is 2.05. The number of methoxy groups -OCH3 is 2. The average molecular weight is 258 g/mol. The summed E-state index contributed by atoms with van der Waals surface area (Å²) in [4.78, 5) is 0. The van der Waals surface area contributed by atoms with Crippen LogP contribution >= 0.6 is 0 Å². The molecule has 0 heterocycles. The topological polar surface area (TPSA) is 56.5 Å². The van der Waals surface area contributed by atoms with Gasteiger partial charge in [0.25, 0.3) is 0 Å². The zero-order valence-electron chi connectivity index (χ0n) is 11.1. The molecule has 0 aliphatic rings. The normalized spacial score (nSPS) is 10.0. The molecule has 0 spiro atoms. The van der Waals surface area contributed by atoms with Crippen LogP contribution in [0.4, 0.5) is 11.4 Å². The first-order valence-electron chi connectivity index (χ1n) is 6.03. The third kappa shape index (κ3) is 3.31. The van der Waals surface area contributed by atoms with Gasteiger partial charge in [0.1, 0.15) is 11.5 Å². The standard InChI is InChI=1S/C15H18N2O2/c1-18-12-5-3-11(4-6-12)10-17-15-9-13(19-2)7-8-14(15)16/h3-9,17H,10,16H2,1-2H3. The van der Waals surface area contributed by atoms with Crippen LogP contribution in [0.2, 0.25) is 0 Å². The average Bonchev–Trinajstić information content (AvgIpc) is 2.47. The second kappa shape index (κ2) is 6.00. The molecule has 0 unspecified atom stereocenters. The molecule has 0 aliphatic carbocycles. The summed E-state index contributed by atoms with van der Waals surface area (Å²) in [6.07, 6.45) is 0. The van der Waals surface area contributed by atoms with Gasteiger partial charge in [-0.25, -0.2) is 0 Å². The molecule has 2 aromatic carbocycles. The van der Waals surface area contributed by atoms with Crippen LogP contribution in [0, 0.1) is 0 Å². The van der Waals surface area contributed by atoms with Gasteiger partial charge in [-0.2, -0.15) is 0 Å². The van der Waals surface area contributed by atoms with E-state index < -0.39 is 0 Å². The fraction of sp³-hybridized carbons (Fsp3) is 0.200. The van der Waals surface area contributed by atoms with E-state index >= 15 is 0 Å². The summed E-state index contributed by atoms with van der Waals surface area (Å²) in [5.41, 5.74) is 8.65. The highest BCUT2D eigenvalue weighted by Crippen LogP contribution is 2.25. The maximum atomic E-state index is 5.92. The first-order chi connectivity index (χ1) is 9.22. The SMILES string of the molecule is COc1ccc(CNc2cc(OC)ccc2N)cc1. The lowest BCUT2D eigenvalue weighted by molar-refractivity contribution is 0.414. The van der Waals surface area contributed by atoms with Crippen LogP contribution in [0.25, 0.3) is 0 Å². The number of rotatable bonds is 5. The monoisotopic (exact) mass is 258 g/mol. The van der Waals surface area contributed by atoms with E-state index in [2.05, 4.69) is 5.32 Å². The van der Waals surface area contributed by atoms with Crippen molar-refractivity contribution in [2.45, 2.75) is 6.54 Å². The molecular weight excluding hydrogens is 240 g/mol. The molecule has 0 saturated heterocycles. The Bertz CT molecular complexity index is 538. The van der Waals surface area contributed by atoms with Crippen molar-refractivity contribution >= 4 is 11.4 Å². The first-order valence-corrected chi connectivity index (χ1v) is 6.03. The van der Waals surface area contributed by atoms with Crippen molar-refractivity contribution in [1.82, 2.24) is 0 Å². The maximum Gasteiger partial charge on any atom is 0.121 e. The number of nitrogens with two attached hydrogens (primary N) is 1. The maximum absolute atomic E-state index is 5.92. The van der Waals surface area contributed by atoms with E-state index in [4.69, 9.17) is 15.2 Å². The minimum atomic E-state index is 0.696. The third-order valence-electron chi connectivity index (χ3n) is 2.90. The summed E-state index contributed by atoms with van der Waals surface area (Å²) >= 11 is 0. The van der Waals surface area contributed by atoms with Crippen molar-refractivity contribution in [3.05, 3.63) is 48.0 Å². The first kappa shape index (κ1) is 13.1. The largest absolute Gasteiger partial charge is 0.497 e. The summed E-state index contributed by atoms with van der Waals surface area (Å²) < 4.78 is 10.3. The van der Waals surface area contributed by atoms with Gasteiger partial charge in [-0.05, 0) is 29.8 Å². The number of nitrogen functional groups attached to an aromatic ring is 1. The molecule has 0 fully saturated rings. The van der Waals surface area contributed by atoms with E-state index in [0.717, 1.165) is 22.7 Å². The van der Waals surface area contributed by atoms with Gasteiger partial charge in [0.2, 0.25) is 0 Å². The van der Waals surface area contributed by atoms with E-state index in [-0.39, 0.29) is 0 Å². The van der Waals surface area contributed by atoms with Crippen LogP contribution in [-0.4, -0.2) is 14.2 Å². The number of hydrogen-bond donors (Lipinski definition) is 2. The number of benzene rings is 2. The Kier molecular flexibility index (Phi) is 4.13. The van der Waals surface area contributed by atoms with Crippen molar-refractivity contribution in [2.24, 2.45) is 0 Å². The highest BCUT2D eigenvalue weighted by atomic mass is 16.5. The summed E-state index contributed by atoms with van der Waals surface area (Å²) in [6, 6.07) is 13.5. The van der Waals surface area contributed by atoms with Crippen LogP contribution in [0.1, 0.15) is 5.56 Å². The molecule has 2 rings (SSSR count). The smallest absolute Gasteiger partial charge is 0.121 e. The predicted molar refractivity (Wildman–Crippen MR) is 77.7 cm³/mol. The Morgan fingerprint density at radius 3 is 2.21 bits per heavy atom. The van der Waals surface area contributed by atoms with Crippen LogP contribution in [0.3, 0.4) is 0 Å². The van der Waals surface area contributed by atoms with Gasteiger partial charge in [0.15, 0.2) is 0 Å². The van der Waals surface area contributed by atoms with E-state index in [9.17, 15) is 0 Å². The molecule has 4 heteroatoms. The second-order valence-corrected chi connectivity index (χ2v) is 4.15. The molecule has 0 bridgehead atoms. The molecule has 0 radical (unpaired) electrons. The lowest BCUT2D eigenvalue weighted by Gasteiger charge is -2.11. The molecule has 0 atom stereocenters. The summed E-state index contributed by atoms with van der Waals surface area (Å²) in [5.74, 6) is 1.64. The van der Waals surface area contributed by atoms with E-state index in [1.54, 1.807) is 14.2 Å². The highest BCUT2D eigenvalue weighted by Gasteiger charge is 2.01. The fourth-order valence-electron chi connectivity index (χ4n) is 1.76. The van der Waals surface area contributed by atoms with Gasteiger partial charge in [-0.1, -0.05) is 12.1 Å². The van der Waals surface area contributed by atoms with Gasteiger partial charge in [0.05, 0.1) is 25.6 Å². The van der Waals surface area contributed by atoms with Crippen LogP contribution in [0.15, 0.2) is 42.5 Å². The third-order valence-corrected chi connectivity index (χ3v) is 2.90. The number of ether oxygens (including phenoxy) is 2. The van der Waals surface area contributed by atoms with Gasteiger partial charge in [0, 0.05) is 12.6 Å². The van der Waals surface area contributed by atoms with Crippen LogP contribution < -0.4 is 20.5 Å². The summed E-state index contributed by atoms with van der Waals surface area (Å²) in [5, 5.41) is 3.30. The molecule has 100 valence electrons. The van der Waals surface area contributed by atoms with Gasteiger partial charge in [-0.3, -0.25) is 0 Å². The summed E-state index contributed by atoms with van der Waals surface area (Å²) in [7, 11) is 3.29. The van der Waals surface area contributed by atoms with Crippen LogP contribution in [-0.2, 0) is 6.54 Å². The van der Waals surface area contributed by atoms with Crippen molar-refractivity contribution in [2.75, 3.05) is 25.3 Å². The quantitative estimate of drug-likeness (QED) is 0.810. The molecule has 19 heavy (non-hydrogen) atoms. The fourth-order valence-corrected chi connectivity index (χ4v) is 1.76. The Labute approximate surface area is 113 Å². The molecule has 0 amide bonds. The highest BCUT2D eigenvalue weighted by molar-refractivity contribution is 5.68. The van der Waals surface area contributed by atoms with Crippen molar-refractivity contribution in [1.29, 1.82) is 0 Å². The van der Waals surface area contributed by atoms with E-state index in [0.29, 0.717) is 12.2 Å². The Morgan fingerprint density at radius 1 is 0.947 bits per heavy atom. The van der Waals surface area contributed by atoms with E-state index in [1.807, 2.05) is 42.5 Å². The lowest BCUT2D eigenvalue weighted by Crippen LogP contribution is -2.02. The van der Waals surface area contributed by atoms with E-state index in [1.165, 1.54) is 0 Å². The molecule has 0 aromatic heterocycles.